The van der Waals surface area contributed by atoms with Crippen LogP contribution in [0.15, 0.2) is 83.5 Å². The summed E-state index contributed by atoms with van der Waals surface area (Å²) >= 11 is 0. The van der Waals surface area contributed by atoms with Crippen LogP contribution in [0.2, 0.25) is 0 Å². The lowest BCUT2D eigenvalue weighted by Crippen LogP contribution is -2.31. The molecular formula is C39H51N3O2. The van der Waals surface area contributed by atoms with Crippen molar-refractivity contribution in [2.45, 2.75) is 105 Å². The third kappa shape index (κ3) is 9.57. The third-order valence-electron chi connectivity index (χ3n) is 8.03. The van der Waals surface area contributed by atoms with Gasteiger partial charge in [-0.25, -0.2) is 4.99 Å². The molecule has 0 saturated carbocycles. The Hall–Kier alpha value is -3.86. The fraction of sp³-hybridized carbons (Fsp3) is 0.436. The van der Waals surface area contributed by atoms with E-state index >= 15 is 0 Å². The van der Waals surface area contributed by atoms with Crippen LogP contribution >= 0.6 is 0 Å². The molecule has 1 aliphatic rings. The molecule has 0 unspecified atom stereocenters. The van der Waals surface area contributed by atoms with Gasteiger partial charge in [0.2, 0.25) is 0 Å². The predicted octanol–water partition coefficient (Wildman–Crippen LogP) is 10.7. The number of hydrogen-bond acceptors (Lipinski definition) is 4. The first-order valence-corrected chi connectivity index (χ1v) is 16.7. The Labute approximate surface area is 265 Å². The van der Waals surface area contributed by atoms with Crippen LogP contribution in [0.25, 0.3) is 6.08 Å². The number of anilines is 3. The summed E-state index contributed by atoms with van der Waals surface area (Å²) in [5.74, 6) is 0.225. The molecule has 5 heteroatoms. The number of aryl methyl sites for hydroxylation is 2. The second-order valence-electron chi connectivity index (χ2n) is 12.4. The van der Waals surface area contributed by atoms with Gasteiger partial charge in [0.1, 0.15) is 0 Å². The highest BCUT2D eigenvalue weighted by Gasteiger charge is 2.34. The lowest BCUT2D eigenvalue weighted by atomic mass is 10.1. The molecule has 4 rings (SSSR count). The highest BCUT2D eigenvalue weighted by Crippen LogP contribution is 2.35. The van der Waals surface area contributed by atoms with Crippen molar-refractivity contribution in [3.63, 3.8) is 0 Å². The Kier molecular flexibility index (Phi) is 12.6. The van der Waals surface area contributed by atoms with Crippen LogP contribution < -0.4 is 4.90 Å². The SMILES string of the molecule is CCCCCCCCCCCCN1C(=O)C(=Cc2ccc(N(c3ccc(C)cc3)c3ccc(C)cc3)cc2)OC1=NC(C)C. The first-order valence-electron chi connectivity index (χ1n) is 16.7. The van der Waals surface area contributed by atoms with E-state index < -0.39 is 0 Å². The summed E-state index contributed by atoms with van der Waals surface area (Å²) in [5, 5.41) is 0. The van der Waals surface area contributed by atoms with E-state index in [0.717, 1.165) is 35.5 Å². The average Bonchev–Trinajstić information content (AvgIpc) is 3.29. The second kappa shape index (κ2) is 16.8. The number of hydrogen-bond donors (Lipinski definition) is 0. The fourth-order valence-electron chi connectivity index (χ4n) is 5.49. The smallest absolute Gasteiger partial charge is 0.300 e. The van der Waals surface area contributed by atoms with Crippen molar-refractivity contribution in [3.8, 4) is 0 Å². The van der Waals surface area contributed by atoms with E-state index in [0.29, 0.717) is 18.3 Å². The summed E-state index contributed by atoms with van der Waals surface area (Å²) in [6.45, 7) is 11.1. The standard InChI is InChI=1S/C39H51N3O2/c1-6-7-8-9-10-11-12-13-14-15-28-41-38(43)37(44-39(41)40-30(2)3)29-33-20-26-36(27-21-33)42(34-22-16-31(4)17-23-34)35-24-18-32(5)19-25-35/h16-27,29-30H,6-15,28H2,1-5H3. The molecule has 0 N–H and O–H groups in total. The van der Waals surface area contributed by atoms with E-state index in [1.807, 2.05) is 32.1 Å². The number of amidine groups is 1. The molecule has 3 aromatic carbocycles. The minimum Gasteiger partial charge on any atom is -0.420 e. The summed E-state index contributed by atoms with van der Waals surface area (Å²) in [6, 6.07) is 25.9. The van der Waals surface area contributed by atoms with Crippen molar-refractivity contribution in [1.29, 1.82) is 0 Å². The average molecular weight is 594 g/mol. The zero-order valence-electron chi connectivity index (χ0n) is 27.5. The van der Waals surface area contributed by atoms with Gasteiger partial charge in [-0.05, 0) is 82.2 Å². The van der Waals surface area contributed by atoms with Crippen molar-refractivity contribution >= 4 is 35.1 Å². The molecule has 1 amide bonds. The molecule has 1 aliphatic heterocycles. The summed E-state index contributed by atoms with van der Waals surface area (Å²) in [7, 11) is 0. The van der Waals surface area contributed by atoms with E-state index in [9.17, 15) is 4.79 Å². The zero-order chi connectivity index (χ0) is 31.3. The Balaban J connectivity index is 1.42. The third-order valence-corrected chi connectivity index (χ3v) is 8.03. The van der Waals surface area contributed by atoms with Crippen LogP contribution in [0.5, 0.6) is 0 Å². The number of nitrogens with zero attached hydrogens (tertiary/aromatic N) is 3. The first kappa shape index (κ1) is 33.0. The molecule has 0 spiro atoms. The summed E-state index contributed by atoms with van der Waals surface area (Å²) in [6.07, 6.45) is 14.4. The molecule has 5 nitrogen and oxygen atoms in total. The van der Waals surface area contributed by atoms with Gasteiger partial charge in [0.05, 0.1) is 0 Å². The minimum absolute atomic E-state index is 0.0428. The quantitative estimate of drug-likeness (QED) is 0.123. The molecule has 0 radical (unpaired) electrons. The molecule has 3 aromatic rings. The molecule has 1 saturated heterocycles. The topological polar surface area (TPSA) is 45.1 Å². The zero-order valence-corrected chi connectivity index (χ0v) is 27.5. The maximum Gasteiger partial charge on any atom is 0.300 e. The fourth-order valence-corrected chi connectivity index (χ4v) is 5.49. The molecule has 1 fully saturated rings. The molecule has 0 bridgehead atoms. The number of ether oxygens (including phenoxy) is 1. The van der Waals surface area contributed by atoms with Gasteiger partial charge in [0, 0.05) is 29.6 Å². The number of unbranched alkanes of at least 4 members (excludes halogenated alkanes) is 9. The van der Waals surface area contributed by atoms with Gasteiger partial charge in [-0.1, -0.05) is 112 Å². The van der Waals surface area contributed by atoms with E-state index in [-0.39, 0.29) is 11.9 Å². The van der Waals surface area contributed by atoms with Crippen LogP contribution in [0.4, 0.5) is 17.1 Å². The number of rotatable bonds is 16. The van der Waals surface area contributed by atoms with Gasteiger partial charge in [0.25, 0.3) is 5.91 Å². The Morgan fingerprint density at radius 1 is 0.705 bits per heavy atom. The minimum atomic E-state index is -0.106. The van der Waals surface area contributed by atoms with Crippen molar-refractivity contribution in [2.75, 3.05) is 11.4 Å². The van der Waals surface area contributed by atoms with Gasteiger partial charge in [-0.15, -0.1) is 0 Å². The maximum absolute atomic E-state index is 13.4. The number of amides is 1. The highest BCUT2D eigenvalue weighted by molar-refractivity contribution is 6.11. The Bertz CT molecular complexity index is 1330. The van der Waals surface area contributed by atoms with Gasteiger partial charge < -0.3 is 9.64 Å². The van der Waals surface area contributed by atoms with Gasteiger partial charge in [-0.3, -0.25) is 9.69 Å². The molecule has 234 valence electrons. The lowest BCUT2D eigenvalue weighted by molar-refractivity contribution is -0.122. The van der Waals surface area contributed by atoms with E-state index in [1.54, 1.807) is 4.90 Å². The monoisotopic (exact) mass is 593 g/mol. The number of benzene rings is 3. The molecular weight excluding hydrogens is 542 g/mol. The second-order valence-corrected chi connectivity index (χ2v) is 12.4. The van der Waals surface area contributed by atoms with E-state index in [4.69, 9.17) is 4.74 Å². The van der Waals surface area contributed by atoms with Crippen LogP contribution in [0, 0.1) is 13.8 Å². The van der Waals surface area contributed by atoms with Gasteiger partial charge in [-0.2, -0.15) is 0 Å². The molecule has 0 aliphatic carbocycles. The first-order chi connectivity index (χ1) is 21.4. The molecule has 0 aromatic heterocycles. The van der Waals surface area contributed by atoms with Crippen molar-refractivity contribution in [2.24, 2.45) is 4.99 Å². The van der Waals surface area contributed by atoms with Gasteiger partial charge >= 0.3 is 6.02 Å². The molecule has 0 atom stereocenters. The van der Waals surface area contributed by atoms with Crippen molar-refractivity contribution in [3.05, 3.63) is 95.2 Å². The van der Waals surface area contributed by atoms with Gasteiger partial charge in [0.15, 0.2) is 5.76 Å². The molecule has 1 heterocycles. The highest BCUT2D eigenvalue weighted by atomic mass is 16.5. The van der Waals surface area contributed by atoms with Crippen LogP contribution in [-0.2, 0) is 9.53 Å². The normalized spacial score (nSPS) is 15.0. The largest absolute Gasteiger partial charge is 0.420 e. The van der Waals surface area contributed by atoms with E-state index in [2.05, 4.69) is 91.3 Å². The van der Waals surface area contributed by atoms with Crippen molar-refractivity contribution < 1.29 is 9.53 Å². The number of aliphatic imine (C=N–C) groups is 1. The predicted molar refractivity (Wildman–Crippen MR) is 186 cm³/mol. The number of carbonyl (C=O) groups is 1. The van der Waals surface area contributed by atoms with Crippen LogP contribution in [-0.4, -0.2) is 29.4 Å². The molecule has 44 heavy (non-hydrogen) atoms. The van der Waals surface area contributed by atoms with Crippen molar-refractivity contribution in [1.82, 2.24) is 4.90 Å². The Morgan fingerprint density at radius 2 is 1.16 bits per heavy atom. The Morgan fingerprint density at radius 3 is 1.64 bits per heavy atom. The van der Waals surface area contributed by atoms with Crippen LogP contribution in [0.3, 0.4) is 0 Å². The summed E-state index contributed by atoms with van der Waals surface area (Å²) in [5.41, 5.74) is 6.60. The maximum atomic E-state index is 13.4. The van der Waals surface area contributed by atoms with Crippen LogP contribution in [0.1, 0.15) is 102 Å². The lowest BCUT2D eigenvalue weighted by Gasteiger charge is -2.25. The van der Waals surface area contributed by atoms with E-state index in [1.165, 1.54) is 62.5 Å². The summed E-state index contributed by atoms with van der Waals surface area (Å²) < 4.78 is 6.06. The number of carbonyl (C=O) groups excluding carboxylic acids is 1. The summed E-state index contributed by atoms with van der Waals surface area (Å²) in [4.78, 5) is 22.0.